The molecule has 118 valence electrons. The van der Waals surface area contributed by atoms with Crippen LogP contribution in [-0.2, 0) is 4.74 Å². The van der Waals surface area contributed by atoms with Gasteiger partial charge in [-0.25, -0.2) is 4.79 Å². The molecule has 0 aromatic carbocycles. The second-order valence-electron chi connectivity index (χ2n) is 6.31. The summed E-state index contributed by atoms with van der Waals surface area (Å²) in [6.45, 7) is 8.42. The van der Waals surface area contributed by atoms with Crippen molar-refractivity contribution >= 4 is 33.7 Å². The summed E-state index contributed by atoms with van der Waals surface area (Å²) in [5.74, 6) is 0.921. The van der Waals surface area contributed by atoms with Crippen molar-refractivity contribution in [3.63, 3.8) is 0 Å². The van der Waals surface area contributed by atoms with Crippen molar-refractivity contribution < 1.29 is 9.53 Å². The summed E-state index contributed by atoms with van der Waals surface area (Å²) in [5.41, 5.74) is 0.488. The Hall–Kier alpha value is -1.89. The Morgan fingerprint density at radius 2 is 2.00 bits per heavy atom. The van der Waals surface area contributed by atoms with E-state index in [2.05, 4.69) is 14.3 Å². The van der Waals surface area contributed by atoms with Gasteiger partial charge in [-0.15, -0.1) is 0 Å². The molecule has 0 spiro atoms. The van der Waals surface area contributed by atoms with E-state index >= 15 is 0 Å². The largest absolute Gasteiger partial charge is 0.444 e. The zero-order valence-corrected chi connectivity index (χ0v) is 13.9. The fraction of sp³-hybridized carbons (Fsp3) is 0.533. The van der Waals surface area contributed by atoms with Gasteiger partial charge in [-0.3, -0.25) is 4.98 Å². The van der Waals surface area contributed by atoms with Crippen LogP contribution in [0, 0.1) is 0 Å². The third-order valence-electron chi connectivity index (χ3n) is 3.44. The second kappa shape index (κ2) is 5.72. The van der Waals surface area contributed by atoms with E-state index in [9.17, 15) is 4.79 Å². The molecule has 0 saturated carbocycles. The number of nitrogens with zero attached hydrogens (tertiary/aromatic N) is 4. The van der Waals surface area contributed by atoms with Crippen molar-refractivity contribution in [2.24, 2.45) is 0 Å². The van der Waals surface area contributed by atoms with E-state index in [0.717, 1.165) is 29.1 Å². The van der Waals surface area contributed by atoms with E-state index in [1.54, 1.807) is 11.1 Å². The first-order valence-electron chi connectivity index (χ1n) is 7.37. The van der Waals surface area contributed by atoms with Gasteiger partial charge in [0.15, 0.2) is 5.82 Å². The van der Waals surface area contributed by atoms with Crippen molar-refractivity contribution in [2.75, 3.05) is 31.1 Å². The molecule has 0 bridgehead atoms. The number of pyridine rings is 1. The van der Waals surface area contributed by atoms with Crippen molar-refractivity contribution in [1.82, 2.24) is 14.3 Å². The zero-order valence-electron chi connectivity index (χ0n) is 13.1. The SMILES string of the molecule is CC(C)(C)OC(=O)N1CCN(c2nsc3cccnc23)CC1. The first kappa shape index (κ1) is 15.0. The van der Waals surface area contributed by atoms with Crippen LogP contribution in [0.4, 0.5) is 10.6 Å². The highest BCUT2D eigenvalue weighted by molar-refractivity contribution is 7.13. The molecule has 3 heterocycles. The molecule has 1 aliphatic heterocycles. The first-order valence-corrected chi connectivity index (χ1v) is 8.15. The summed E-state index contributed by atoms with van der Waals surface area (Å²) in [7, 11) is 0. The number of rotatable bonds is 1. The minimum absolute atomic E-state index is 0.242. The molecule has 1 saturated heterocycles. The van der Waals surface area contributed by atoms with Crippen LogP contribution in [0.25, 0.3) is 10.2 Å². The van der Waals surface area contributed by atoms with Gasteiger partial charge < -0.3 is 14.5 Å². The van der Waals surface area contributed by atoms with Crippen LogP contribution in [-0.4, -0.2) is 52.1 Å². The molecule has 0 radical (unpaired) electrons. The number of amides is 1. The lowest BCUT2D eigenvalue weighted by molar-refractivity contribution is 0.0240. The summed E-state index contributed by atoms with van der Waals surface area (Å²) in [6, 6.07) is 3.95. The van der Waals surface area contributed by atoms with Crippen LogP contribution < -0.4 is 4.90 Å². The van der Waals surface area contributed by atoms with Crippen LogP contribution in [0.5, 0.6) is 0 Å². The third-order valence-corrected chi connectivity index (χ3v) is 4.23. The molecule has 1 amide bonds. The molecule has 1 fully saturated rings. The molecular weight excluding hydrogens is 300 g/mol. The van der Waals surface area contributed by atoms with Gasteiger partial charge in [0.1, 0.15) is 11.1 Å². The first-order chi connectivity index (χ1) is 10.4. The molecule has 2 aromatic rings. The molecule has 6 nitrogen and oxygen atoms in total. The average molecular weight is 320 g/mol. The van der Waals surface area contributed by atoms with Gasteiger partial charge in [-0.2, -0.15) is 4.37 Å². The monoisotopic (exact) mass is 320 g/mol. The topological polar surface area (TPSA) is 58.6 Å². The normalized spacial score (nSPS) is 16.1. The Balaban J connectivity index is 1.66. The van der Waals surface area contributed by atoms with Crippen molar-refractivity contribution in [3.05, 3.63) is 18.3 Å². The van der Waals surface area contributed by atoms with Gasteiger partial charge in [0, 0.05) is 32.4 Å². The molecule has 2 aromatic heterocycles. The number of ether oxygens (including phenoxy) is 1. The summed E-state index contributed by atoms with van der Waals surface area (Å²) in [6.07, 6.45) is 1.55. The maximum Gasteiger partial charge on any atom is 0.410 e. The average Bonchev–Trinajstić information content (AvgIpc) is 2.89. The number of anilines is 1. The number of hydrogen-bond donors (Lipinski definition) is 0. The molecule has 3 rings (SSSR count). The van der Waals surface area contributed by atoms with Gasteiger partial charge in [-0.1, -0.05) is 0 Å². The number of aromatic nitrogens is 2. The lowest BCUT2D eigenvalue weighted by Gasteiger charge is -2.35. The van der Waals surface area contributed by atoms with Gasteiger partial charge in [-0.05, 0) is 44.4 Å². The minimum Gasteiger partial charge on any atom is -0.444 e. The molecule has 7 heteroatoms. The summed E-state index contributed by atoms with van der Waals surface area (Å²) >= 11 is 1.46. The molecular formula is C15H20N4O2S. The highest BCUT2D eigenvalue weighted by Gasteiger charge is 2.27. The van der Waals surface area contributed by atoms with Gasteiger partial charge >= 0.3 is 6.09 Å². The number of carbonyl (C=O) groups excluding carboxylic acids is 1. The van der Waals surface area contributed by atoms with Gasteiger partial charge in [0.25, 0.3) is 0 Å². The summed E-state index contributed by atoms with van der Waals surface area (Å²) < 4.78 is 11.0. The molecule has 0 N–H and O–H groups in total. The van der Waals surface area contributed by atoms with E-state index in [-0.39, 0.29) is 6.09 Å². The maximum absolute atomic E-state index is 12.1. The molecule has 22 heavy (non-hydrogen) atoms. The Bertz CT molecular complexity index is 671. The predicted octanol–water partition coefficient (Wildman–Crippen LogP) is 2.75. The number of piperazine rings is 1. The quantitative estimate of drug-likeness (QED) is 0.808. The van der Waals surface area contributed by atoms with Crippen LogP contribution in [0.15, 0.2) is 18.3 Å². The van der Waals surface area contributed by atoms with E-state index < -0.39 is 5.60 Å². The minimum atomic E-state index is -0.455. The lowest BCUT2D eigenvalue weighted by Crippen LogP contribution is -2.50. The Morgan fingerprint density at radius 1 is 1.27 bits per heavy atom. The van der Waals surface area contributed by atoms with Gasteiger partial charge in [0.05, 0.1) is 4.70 Å². The molecule has 0 aliphatic carbocycles. The van der Waals surface area contributed by atoms with Crippen LogP contribution in [0.3, 0.4) is 0 Å². The van der Waals surface area contributed by atoms with Crippen molar-refractivity contribution in [1.29, 1.82) is 0 Å². The maximum atomic E-state index is 12.1. The third kappa shape index (κ3) is 3.14. The van der Waals surface area contributed by atoms with E-state index in [0.29, 0.717) is 13.1 Å². The van der Waals surface area contributed by atoms with Crippen LogP contribution in [0.1, 0.15) is 20.8 Å². The smallest absolute Gasteiger partial charge is 0.410 e. The number of carbonyl (C=O) groups is 1. The Labute approximate surface area is 133 Å². The highest BCUT2D eigenvalue weighted by Crippen LogP contribution is 2.28. The summed E-state index contributed by atoms with van der Waals surface area (Å²) in [4.78, 5) is 20.4. The Kier molecular flexibility index (Phi) is 3.90. The van der Waals surface area contributed by atoms with E-state index in [4.69, 9.17) is 4.74 Å². The van der Waals surface area contributed by atoms with Crippen molar-refractivity contribution in [3.8, 4) is 0 Å². The van der Waals surface area contributed by atoms with Crippen molar-refractivity contribution in [2.45, 2.75) is 26.4 Å². The fourth-order valence-corrected chi connectivity index (χ4v) is 3.16. The number of fused-ring (bicyclic) bond motifs is 1. The fourth-order valence-electron chi connectivity index (χ4n) is 2.40. The standard InChI is InChI=1S/C15H20N4O2S/c1-15(2,3)21-14(20)19-9-7-18(8-10-19)13-12-11(22-17-13)5-4-6-16-12/h4-6H,7-10H2,1-3H3. The van der Waals surface area contributed by atoms with Gasteiger partial charge in [0.2, 0.25) is 0 Å². The predicted molar refractivity (Wildman–Crippen MR) is 87.4 cm³/mol. The van der Waals surface area contributed by atoms with Crippen LogP contribution >= 0.6 is 11.5 Å². The van der Waals surface area contributed by atoms with Crippen LogP contribution in [0.2, 0.25) is 0 Å². The Morgan fingerprint density at radius 3 is 2.68 bits per heavy atom. The molecule has 0 atom stereocenters. The van der Waals surface area contributed by atoms with E-state index in [1.165, 1.54) is 11.5 Å². The second-order valence-corrected chi connectivity index (χ2v) is 7.12. The van der Waals surface area contributed by atoms with E-state index in [1.807, 2.05) is 32.9 Å². The zero-order chi connectivity index (χ0) is 15.7. The lowest BCUT2D eigenvalue weighted by atomic mass is 10.2. The highest BCUT2D eigenvalue weighted by atomic mass is 32.1. The molecule has 1 aliphatic rings. The molecule has 0 unspecified atom stereocenters. The summed E-state index contributed by atoms with van der Waals surface area (Å²) in [5, 5.41) is 0. The number of hydrogen-bond acceptors (Lipinski definition) is 6.